The quantitative estimate of drug-likeness (QED) is 0.602. The summed E-state index contributed by atoms with van der Waals surface area (Å²) in [6.45, 7) is 2.17. The number of nitrogens with zero attached hydrogens (tertiary/aromatic N) is 2. The van der Waals surface area contributed by atoms with Crippen LogP contribution >= 0.6 is 10.6 Å². The molecule has 2 aromatic rings. The van der Waals surface area contributed by atoms with Crippen LogP contribution in [0.2, 0.25) is 0 Å². The molecule has 8 nitrogen and oxygen atoms in total. The van der Waals surface area contributed by atoms with Crippen LogP contribution in [0.25, 0.3) is 0 Å². The van der Waals surface area contributed by atoms with Gasteiger partial charge in [0, 0.05) is 31.7 Å². The zero-order valence-corrected chi connectivity index (χ0v) is 20.7. The summed E-state index contributed by atoms with van der Waals surface area (Å²) in [4.78, 5) is 26.9. The first-order chi connectivity index (χ1) is 16.1. The molecule has 0 aliphatic carbocycles. The van der Waals surface area contributed by atoms with Crippen molar-refractivity contribution < 1.29 is 27.1 Å². The van der Waals surface area contributed by atoms with Crippen LogP contribution in [0.15, 0.2) is 59.5 Å². The average Bonchev–Trinajstić information content (AvgIpc) is 2.84. The van der Waals surface area contributed by atoms with Crippen molar-refractivity contribution in [3.05, 3.63) is 65.7 Å². The lowest BCUT2D eigenvalue weighted by Gasteiger charge is -2.43. The van der Waals surface area contributed by atoms with Gasteiger partial charge in [0.1, 0.15) is 0 Å². The van der Waals surface area contributed by atoms with Gasteiger partial charge in [-0.05, 0) is 37.0 Å². The molecule has 2 N–H and O–H groups in total. The summed E-state index contributed by atoms with van der Waals surface area (Å²) in [5, 5.41) is 0. The summed E-state index contributed by atoms with van der Waals surface area (Å²) in [7, 11) is -6.58. The van der Waals surface area contributed by atoms with Crippen molar-refractivity contribution in [2.75, 3.05) is 37.7 Å². The van der Waals surface area contributed by atoms with Crippen molar-refractivity contribution >= 4 is 32.3 Å². The first kappa shape index (κ1) is 24.9. The Morgan fingerprint density at radius 1 is 0.971 bits per heavy atom. The molecule has 10 heteroatoms. The number of amides is 1. The fourth-order valence-electron chi connectivity index (χ4n) is 4.63. The van der Waals surface area contributed by atoms with Gasteiger partial charge in [-0.15, -0.1) is 0 Å². The van der Waals surface area contributed by atoms with Crippen molar-refractivity contribution in [3.8, 4) is 0 Å². The Bertz CT molecular complexity index is 1160. The Hall–Kier alpha value is -2.24. The number of carbonyl (C=O) groups is 2. The summed E-state index contributed by atoms with van der Waals surface area (Å²) in [5.41, 5.74) is 1.28. The lowest BCUT2D eigenvalue weighted by Crippen LogP contribution is -2.51. The van der Waals surface area contributed by atoms with Gasteiger partial charge in [0.15, 0.2) is 5.78 Å². The third-order valence-corrected chi connectivity index (χ3v) is 10.1. The van der Waals surface area contributed by atoms with Crippen molar-refractivity contribution in [3.63, 3.8) is 0 Å². The van der Waals surface area contributed by atoms with Gasteiger partial charge < -0.3 is 4.90 Å². The molecule has 0 saturated carbocycles. The van der Waals surface area contributed by atoms with E-state index in [4.69, 9.17) is 0 Å². The highest BCUT2D eigenvalue weighted by Crippen LogP contribution is 2.41. The molecule has 184 valence electrons. The molecule has 2 unspecified atom stereocenters. The van der Waals surface area contributed by atoms with Gasteiger partial charge in [0.05, 0.1) is 22.3 Å². The lowest BCUT2D eigenvalue weighted by atomic mass is 9.85. The van der Waals surface area contributed by atoms with E-state index in [2.05, 4.69) is 0 Å². The second kappa shape index (κ2) is 9.79. The molecule has 2 aliphatic heterocycles. The van der Waals surface area contributed by atoms with Crippen molar-refractivity contribution in [2.45, 2.75) is 24.2 Å². The molecule has 4 rings (SSSR count). The Morgan fingerprint density at radius 3 is 2.29 bits per heavy atom. The molecular formula is C24H30N2O6S2. The van der Waals surface area contributed by atoms with E-state index >= 15 is 0 Å². The highest BCUT2D eigenvalue weighted by Gasteiger charge is 2.40. The summed E-state index contributed by atoms with van der Waals surface area (Å²) < 4.78 is 48.3. The van der Waals surface area contributed by atoms with Gasteiger partial charge in [-0.3, -0.25) is 18.7 Å². The van der Waals surface area contributed by atoms with Gasteiger partial charge in [0.2, 0.25) is 15.9 Å². The number of carbonyl (C=O) groups excluding carboxylic acids is 2. The molecule has 0 spiro atoms. The normalized spacial score (nSPS) is 24.4. The molecular weight excluding hydrogens is 476 g/mol. The molecule has 0 radical (unpaired) electrons. The fraction of sp³-hybridized carbons (Fsp3) is 0.417. The van der Waals surface area contributed by atoms with Crippen LogP contribution in [0.1, 0.15) is 35.2 Å². The van der Waals surface area contributed by atoms with Gasteiger partial charge in [-0.25, -0.2) is 8.42 Å². The molecule has 2 fully saturated rings. The van der Waals surface area contributed by atoms with E-state index in [1.165, 1.54) is 23.4 Å². The maximum Gasteiger partial charge on any atom is 0.243 e. The van der Waals surface area contributed by atoms with E-state index in [1.54, 1.807) is 17.0 Å². The van der Waals surface area contributed by atoms with E-state index in [-0.39, 0.29) is 60.2 Å². The van der Waals surface area contributed by atoms with Crippen LogP contribution in [0, 0.1) is 5.92 Å². The topological polar surface area (TPSA) is 115 Å². The Labute approximate surface area is 202 Å². The molecule has 0 bridgehead atoms. The van der Waals surface area contributed by atoms with Crippen molar-refractivity contribution in [2.24, 2.45) is 5.92 Å². The SMILES string of the molecule is CC(=O)c1cccc(S(=O)(=O)N2CC(C(=O)N3CCS(O)(O)CC3)CC(c3ccccc3)C2)c1. The van der Waals surface area contributed by atoms with E-state index in [1.807, 2.05) is 30.3 Å². The average molecular weight is 507 g/mol. The number of sulfonamides is 1. The van der Waals surface area contributed by atoms with Crippen LogP contribution in [-0.4, -0.2) is 76.1 Å². The summed E-state index contributed by atoms with van der Waals surface area (Å²) in [5.74, 6) is -0.805. The fourth-order valence-corrected chi connectivity index (χ4v) is 7.44. The summed E-state index contributed by atoms with van der Waals surface area (Å²) in [6, 6.07) is 15.5. The molecule has 2 heterocycles. The molecule has 2 saturated heterocycles. The minimum Gasteiger partial charge on any atom is -0.339 e. The molecule has 0 aromatic heterocycles. The van der Waals surface area contributed by atoms with Gasteiger partial charge >= 0.3 is 0 Å². The van der Waals surface area contributed by atoms with Crippen LogP contribution in [0.3, 0.4) is 0 Å². The summed E-state index contributed by atoms with van der Waals surface area (Å²) in [6.07, 6.45) is 0.509. The monoisotopic (exact) mass is 506 g/mol. The Balaban J connectivity index is 1.63. The largest absolute Gasteiger partial charge is 0.339 e. The van der Waals surface area contributed by atoms with Crippen molar-refractivity contribution in [1.82, 2.24) is 9.21 Å². The maximum absolute atomic E-state index is 13.6. The smallest absolute Gasteiger partial charge is 0.243 e. The van der Waals surface area contributed by atoms with Crippen molar-refractivity contribution in [1.29, 1.82) is 0 Å². The maximum atomic E-state index is 13.6. The molecule has 2 atom stereocenters. The third kappa shape index (κ3) is 5.36. The second-order valence-electron chi connectivity index (χ2n) is 8.98. The zero-order chi connectivity index (χ0) is 24.5. The molecule has 2 aromatic carbocycles. The standard InChI is InChI=1S/C24H30N2O6S2/c1-18(27)20-8-5-9-23(15-20)34(31,32)26-16-21(19-6-3-2-4-7-19)14-22(17-26)24(28)25-10-12-33(29,30)13-11-25/h2-9,15,21-22,29-30H,10-14,16-17H2,1H3. The van der Waals surface area contributed by atoms with Gasteiger partial charge in [0.25, 0.3) is 0 Å². The van der Waals surface area contributed by atoms with E-state index in [9.17, 15) is 27.1 Å². The molecule has 34 heavy (non-hydrogen) atoms. The van der Waals surface area contributed by atoms with E-state index in [0.717, 1.165) is 5.56 Å². The number of rotatable bonds is 5. The predicted molar refractivity (Wildman–Crippen MR) is 132 cm³/mol. The number of hydrogen-bond donors (Lipinski definition) is 2. The van der Waals surface area contributed by atoms with Crippen LogP contribution < -0.4 is 0 Å². The number of hydrogen-bond acceptors (Lipinski definition) is 6. The minimum atomic E-state index is -3.94. The van der Waals surface area contributed by atoms with Gasteiger partial charge in [-0.1, -0.05) is 42.5 Å². The van der Waals surface area contributed by atoms with Crippen LogP contribution in [0.4, 0.5) is 0 Å². The second-order valence-corrected chi connectivity index (χ2v) is 13.3. The van der Waals surface area contributed by atoms with Gasteiger partial charge in [-0.2, -0.15) is 14.9 Å². The van der Waals surface area contributed by atoms with E-state index in [0.29, 0.717) is 12.0 Å². The minimum absolute atomic E-state index is 0.0343. The third-order valence-electron chi connectivity index (χ3n) is 6.60. The van der Waals surface area contributed by atoms with Crippen LogP contribution in [0.5, 0.6) is 0 Å². The Kier molecular flexibility index (Phi) is 7.16. The summed E-state index contributed by atoms with van der Waals surface area (Å²) >= 11 is 0. The molecule has 1 amide bonds. The zero-order valence-electron chi connectivity index (χ0n) is 19.0. The van der Waals surface area contributed by atoms with E-state index < -0.39 is 26.5 Å². The molecule has 2 aliphatic rings. The first-order valence-corrected chi connectivity index (χ1v) is 14.6. The number of Topliss-reactive ketones (excluding diaryl/α,β-unsaturated/α-hetero) is 1. The number of piperidine rings is 1. The number of benzene rings is 2. The first-order valence-electron chi connectivity index (χ1n) is 11.3. The highest BCUT2D eigenvalue weighted by atomic mass is 32.3. The lowest BCUT2D eigenvalue weighted by molar-refractivity contribution is -0.136. The number of ketones is 1. The Morgan fingerprint density at radius 2 is 1.65 bits per heavy atom. The van der Waals surface area contributed by atoms with Crippen LogP contribution in [-0.2, 0) is 14.8 Å². The highest BCUT2D eigenvalue weighted by molar-refractivity contribution is 8.24. The predicted octanol–water partition coefficient (Wildman–Crippen LogP) is 3.28.